The van der Waals surface area contributed by atoms with Crippen molar-refractivity contribution in [1.82, 2.24) is 10.3 Å². The number of benzene rings is 1. The molecule has 0 saturated heterocycles. The molecule has 104 valence electrons. The summed E-state index contributed by atoms with van der Waals surface area (Å²) in [4.78, 5) is 16.3. The van der Waals surface area contributed by atoms with Crippen molar-refractivity contribution in [1.29, 1.82) is 0 Å². The van der Waals surface area contributed by atoms with E-state index in [1.54, 1.807) is 12.3 Å². The van der Waals surface area contributed by atoms with E-state index in [0.717, 1.165) is 12.0 Å². The van der Waals surface area contributed by atoms with Crippen molar-refractivity contribution in [3.8, 4) is 0 Å². The summed E-state index contributed by atoms with van der Waals surface area (Å²) in [6.07, 6.45) is 2.63. The van der Waals surface area contributed by atoms with Crippen LogP contribution < -0.4 is 5.32 Å². The molecular weight excluding hydrogens is 316 g/mol. The van der Waals surface area contributed by atoms with Crippen molar-refractivity contribution in [2.75, 3.05) is 0 Å². The second kappa shape index (κ2) is 6.66. The Hall–Kier alpha value is -1.68. The summed E-state index contributed by atoms with van der Waals surface area (Å²) in [5.74, 6) is -0.176. The summed E-state index contributed by atoms with van der Waals surface area (Å²) >= 11 is 3.34. The number of halogens is 1. The van der Waals surface area contributed by atoms with Crippen molar-refractivity contribution < 1.29 is 4.79 Å². The molecule has 0 fully saturated rings. The van der Waals surface area contributed by atoms with Gasteiger partial charge in [-0.25, -0.2) is 4.98 Å². The Morgan fingerprint density at radius 2 is 2.00 bits per heavy atom. The molecule has 1 amide bonds. The molecule has 20 heavy (non-hydrogen) atoms. The average Bonchev–Trinajstić information content (AvgIpc) is 2.47. The van der Waals surface area contributed by atoms with E-state index in [4.69, 9.17) is 0 Å². The quantitative estimate of drug-likeness (QED) is 0.922. The second-order valence-electron chi connectivity index (χ2n) is 4.62. The summed E-state index contributed by atoms with van der Waals surface area (Å²) < 4.78 is 0.700. The predicted molar refractivity (Wildman–Crippen MR) is 83.6 cm³/mol. The number of hydrogen-bond donors (Lipinski definition) is 1. The number of rotatable bonds is 4. The zero-order valence-corrected chi connectivity index (χ0v) is 13.1. The lowest BCUT2D eigenvalue weighted by molar-refractivity contribution is 0.0934. The first kappa shape index (κ1) is 14.7. The minimum absolute atomic E-state index is 0.0534. The van der Waals surface area contributed by atoms with Gasteiger partial charge in [0.25, 0.3) is 5.91 Å². The highest BCUT2D eigenvalue weighted by Gasteiger charge is 2.14. The van der Waals surface area contributed by atoms with E-state index in [2.05, 4.69) is 57.4 Å². The van der Waals surface area contributed by atoms with E-state index in [0.29, 0.717) is 10.2 Å². The molecule has 0 bridgehead atoms. The van der Waals surface area contributed by atoms with E-state index in [9.17, 15) is 4.79 Å². The van der Waals surface area contributed by atoms with Gasteiger partial charge in [0.05, 0.1) is 6.04 Å². The maximum Gasteiger partial charge on any atom is 0.271 e. The molecule has 2 rings (SSSR count). The van der Waals surface area contributed by atoms with Crippen LogP contribution in [0.3, 0.4) is 0 Å². The van der Waals surface area contributed by atoms with Gasteiger partial charge < -0.3 is 5.32 Å². The number of carbonyl (C=O) groups is 1. The second-order valence-corrected chi connectivity index (χ2v) is 5.48. The smallest absolute Gasteiger partial charge is 0.271 e. The molecule has 1 unspecified atom stereocenters. The lowest BCUT2D eigenvalue weighted by Crippen LogP contribution is -2.27. The fraction of sp³-hybridized carbons (Fsp3) is 0.250. The molecule has 0 aliphatic rings. The van der Waals surface area contributed by atoms with E-state index >= 15 is 0 Å². The van der Waals surface area contributed by atoms with Crippen LogP contribution in [-0.4, -0.2) is 10.9 Å². The molecule has 2 aromatic rings. The van der Waals surface area contributed by atoms with E-state index in [1.165, 1.54) is 5.56 Å². The fourth-order valence-corrected chi connectivity index (χ4v) is 2.38. The Morgan fingerprint density at radius 1 is 1.30 bits per heavy atom. The van der Waals surface area contributed by atoms with Crippen LogP contribution in [0.1, 0.15) is 41.5 Å². The third-order valence-corrected chi connectivity index (χ3v) is 3.85. The Balaban J connectivity index is 2.09. The van der Waals surface area contributed by atoms with Gasteiger partial charge in [-0.15, -0.1) is 0 Å². The van der Waals surface area contributed by atoms with Crippen LogP contribution in [0.15, 0.2) is 47.1 Å². The highest BCUT2D eigenvalue weighted by Crippen LogP contribution is 2.17. The van der Waals surface area contributed by atoms with E-state index in [-0.39, 0.29) is 11.9 Å². The Kier molecular flexibility index (Phi) is 4.90. The van der Waals surface area contributed by atoms with Crippen molar-refractivity contribution in [3.63, 3.8) is 0 Å². The van der Waals surface area contributed by atoms with Crippen LogP contribution in [0, 0.1) is 0 Å². The summed E-state index contributed by atoms with van der Waals surface area (Å²) in [6.45, 7) is 4.09. The number of aromatic nitrogens is 1. The Morgan fingerprint density at radius 3 is 2.60 bits per heavy atom. The molecular formula is C16H17BrN2O. The van der Waals surface area contributed by atoms with Gasteiger partial charge in [-0.1, -0.05) is 31.2 Å². The lowest BCUT2D eigenvalue weighted by Gasteiger charge is -2.15. The van der Waals surface area contributed by atoms with E-state index in [1.807, 2.05) is 13.0 Å². The number of nitrogens with zero attached hydrogens (tertiary/aromatic N) is 1. The van der Waals surface area contributed by atoms with Gasteiger partial charge in [-0.2, -0.15) is 0 Å². The number of hydrogen-bond acceptors (Lipinski definition) is 2. The minimum Gasteiger partial charge on any atom is -0.344 e. The first-order valence-corrected chi connectivity index (χ1v) is 7.41. The van der Waals surface area contributed by atoms with Crippen LogP contribution in [0.5, 0.6) is 0 Å². The van der Waals surface area contributed by atoms with Crippen molar-refractivity contribution in [2.45, 2.75) is 26.3 Å². The Labute approximate surface area is 127 Å². The van der Waals surface area contributed by atoms with Gasteiger partial charge in [0.2, 0.25) is 0 Å². The molecule has 4 heteroatoms. The monoisotopic (exact) mass is 332 g/mol. The molecule has 1 aromatic heterocycles. The molecule has 0 radical (unpaired) electrons. The van der Waals surface area contributed by atoms with Crippen LogP contribution >= 0.6 is 15.9 Å². The molecule has 1 heterocycles. The van der Waals surface area contributed by atoms with Gasteiger partial charge in [-0.05, 0) is 52.5 Å². The molecule has 0 aliphatic heterocycles. The summed E-state index contributed by atoms with van der Waals surface area (Å²) in [6, 6.07) is 11.8. The van der Waals surface area contributed by atoms with Crippen molar-refractivity contribution in [2.24, 2.45) is 0 Å². The van der Waals surface area contributed by atoms with Gasteiger partial charge in [-0.3, -0.25) is 4.79 Å². The maximum atomic E-state index is 12.2. The predicted octanol–water partition coefficient (Wildman–Crippen LogP) is 3.90. The lowest BCUT2D eigenvalue weighted by atomic mass is 10.0. The number of carbonyl (C=O) groups excluding carboxylic acids is 1. The first-order valence-electron chi connectivity index (χ1n) is 6.62. The van der Waals surface area contributed by atoms with Crippen LogP contribution in [0.4, 0.5) is 0 Å². The maximum absolute atomic E-state index is 12.2. The van der Waals surface area contributed by atoms with Crippen LogP contribution in [0.25, 0.3) is 0 Å². The number of pyridine rings is 1. The minimum atomic E-state index is -0.176. The molecule has 0 saturated carbocycles. The number of nitrogens with one attached hydrogen (secondary N) is 1. The third kappa shape index (κ3) is 3.45. The van der Waals surface area contributed by atoms with E-state index < -0.39 is 0 Å². The van der Waals surface area contributed by atoms with Crippen molar-refractivity contribution >= 4 is 21.8 Å². The number of aryl methyl sites for hydroxylation is 1. The zero-order chi connectivity index (χ0) is 14.5. The number of amides is 1. The van der Waals surface area contributed by atoms with Gasteiger partial charge in [0.1, 0.15) is 5.69 Å². The molecule has 3 nitrogen and oxygen atoms in total. The molecule has 0 spiro atoms. The summed E-state index contributed by atoms with van der Waals surface area (Å²) in [5, 5.41) is 2.96. The van der Waals surface area contributed by atoms with Gasteiger partial charge >= 0.3 is 0 Å². The zero-order valence-electron chi connectivity index (χ0n) is 11.6. The van der Waals surface area contributed by atoms with Gasteiger partial charge in [0, 0.05) is 10.7 Å². The molecule has 0 aliphatic carbocycles. The van der Waals surface area contributed by atoms with Gasteiger partial charge in [0.15, 0.2) is 0 Å². The Bertz CT molecular complexity index is 596. The largest absolute Gasteiger partial charge is 0.344 e. The molecule has 1 atom stereocenters. The SMILES string of the molecule is CCc1ccc(C(C)NC(=O)c2ncccc2Br)cc1. The first-order chi connectivity index (χ1) is 9.61. The normalized spacial score (nSPS) is 11.9. The van der Waals surface area contributed by atoms with Crippen molar-refractivity contribution in [3.05, 3.63) is 63.9 Å². The topological polar surface area (TPSA) is 42.0 Å². The summed E-state index contributed by atoms with van der Waals surface area (Å²) in [7, 11) is 0. The van der Waals surface area contributed by atoms with Crippen LogP contribution in [0.2, 0.25) is 0 Å². The average molecular weight is 333 g/mol. The standard InChI is InChI=1S/C16H17BrN2O/c1-3-12-6-8-13(9-7-12)11(2)19-16(20)15-14(17)5-4-10-18-15/h4-11H,3H2,1-2H3,(H,19,20). The molecule has 1 N–H and O–H groups in total. The summed E-state index contributed by atoms with van der Waals surface area (Å²) in [5.41, 5.74) is 2.78. The highest BCUT2D eigenvalue weighted by molar-refractivity contribution is 9.10. The van der Waals surface area contributed by atoms with Crippen LogP contribution in [-0.2, 0) is 6.42 Å². The highest BCUT2D eigenvalue weighted by atomic mass is 79.9. The molecule has 1 aromatic carbocycles. The fourth-order valence-electron chi connectivity index (χ4n) is 1.94. The third-order valence-electron chi connectivity index (χ3n) is 3.21.